The van der Waals surface area contributed by atoms with Gasteiger partial charge in [-0.05, 0) is 37.0 Å². The highest BCUT2D eigenvalue weighted by atomic mass is 19.1. The van der Waals surface area contributed by atoms with Gasteiger partial charge in [-0.1, -0.05) is 31.4 Å². The summed E-state index contributed by atoms with van der Waals surface area (Å²) in [4.78, 5) is 2.61. The van der Waals surface area contributed by atoms with Crippen molar-refractivity contribution in [2.24, 2.45) is 0 Å². The van der Waals surface area contributed by atoms with Gasteiger partial charge in [0.15, 0.2) is 0 Å². The van der Waals surface area contributed by atoms with Gasteiger partial charge in [-0.25, -0.2) is 4.39 Å². The molecule has 0 atom stereocenters. The molecule has 1 aliphatic carbocycles. The lowest BCUT2D eigenvalue weighted by Crippen LogP contribution is -2.54. The first kappa shape index (κ1) is 11.2. The van der Waals surface area contributed by atoms with Crippen LogP contribution in [0.25, 0.3) is 0 Å². The molecule has 1 aromatic rings. The second kappa shape index (κ2) is 4.41. The minimum atomic E-state index is -0.122. The molecule has 0 unspecified atom stereocenters. The molecule has 0 spiro atoms. The van der Waals surface area contributed by atoms with E-state index < -0.39 is 0 Å². The lowest BCUT2D eigenvalue weighted by atomic mass is 9.74. The quantitative estimate of drug-likeness (QED) is 0.753. The highest BCUT2D eigenvalue weighted by molar-refractivity contribution is 5.26. The topological polar surface area (TPSA) is 3.24 Å². The van der Waals surface area contributed by atoms with Crippen molar-refractivity contribution in [1.29, 1.82) is 0 Å². The van der Waals surface area contributed by atoms with Gasteiger partial charge in [-0.15, -0.1) is 0 Å². The summed E-state index contributed by atoms with van der Waals surface area (Å²) in [5.74, 6) is -0.122. The van der Waals surface area contributed by atoms with Gasteiger partial charge in [0.05, 0.1) is 0 Å². The molecular weight excluding hydrogens is 213 g/mol. The third kappa shape index (κ3) is 1.89. The van der Waals surface area contributed by atoms with E-state index in [0.717, 1.165) is 0 Å². The number of benzene rings is 1. The number of likely N-dealkylation sites (tertiary alicyclic amines) is 1. The Kier molecular flexibility index (Phi) is 2.91. The molecule has 92 valence electrons. The number of rotatable bonds is 2. The molecular formula is C15H20FN. The zero-order valence-electron chi connectivity index (χ0n) is 10.3. The molecule has 17 heavy (non-hydrogen) atoms. The molecule has 0 amide bonds. The number of nitrogens with zero attached hydrogens (tertiary/aromatic N) is 1. The average molecular weight is 233 g/mol. The van der Waals surface area contributed by atoms with Crippen LogP contribution in [0, 0.1) is 5.82 Å². The third-order valence-corrected chi connectivity index (χ3v) is 4.52. The molecule has 2 fully saturated rings. The summed E-state index contributed by atoms with van der Waals surface area (Å²) in [5.41, 5.74) is 1.56. The summed E-state index contributed by atoms with van der Waals surface area (Å²) >= 11 is 0. The van der Waals surface area contributed by atoms with Crippen LogP contribution in [-0.2, 0) is 5.54 Å². The van der Waals surface area contributed by atoms with Crippen molar-refractivity contribution in [2.75, 3.05) is 13.1 Å². The Labute approximate surface area is 103 Å². The first-order valence-electron chi connectivity index (χ1n) is 6.82. The molecule has 1 saturated heterocycles. The fourth-order valence-electron chi connectivity index (χ4n) is 3.43. The summed E-state index contributed by atoms with van der Waals surface area (Å²) in [6, 6.07) is 7.23. The Morgan fingerprint density at radius 2 is 1.53 bits per heavy atom. The molecule has 2 aliphatic rings. The lowest BCUT2D eigenvalue weighted by molar-refractivity contribution is -0.00283. The van der Waals surface area contributed by atoms with Crippen LogP contribution in [0.15, 0.2) is 24.3 Å². The molecule has 0 bridgehead atoms. The van der Waals surface area contributed by atoms with Gasteiger partial charge < -0.3 is 0 Å². The van der Waals surface area contributed by atoms with Crippen LogP contribution >= 0.6 is 0 Å². The maximum atomic E-state index is 13.1. The summed E-state index contributed by atoms with van der Waals surface area (Å²) in [5, 5.41) is 0. The van der Waals surface area contributed by atoms with Gasteiger partial charge in [0.1, 0.15) is 5.82 Å². The smallest absolute Gasteiger partial charge is 0.123 e. The predicted molar refractivity (Wildman–Crippen MR) is 67.4 cm³/mol. The van der Waals surface area contributed by atoms with Gasteiger partial charge in [-0.3, -0.25) is 4.90 Å². The van der Waals surface area contributed by atoms with Crippen molar-refractivity contribution in [3.63, 3.8) is 0 Å². The van der Waals surface area contributed by atoms with E-state index in [0.29, 0.717) is 0 Å². The van der Waals surface area contributed by atoms with Crippen LogP contribution in [0.1, 0.15) is 44.1 Å². The van der Waals surface area contributed by atoms with Gasteiger partial charge >= 0.3 is 0 Å². The SMILES string of the molecule is Fc1ccc(C2(N3CCC3)CCCCC2)cc1. The Hall–Kier alpha value is -0.890. The van der Waals surface area contributed by atoms with Crippen molar-refractivity contribution < 1.29 is 4.39 Å². The average Bonchev–Trinajstić information content (AvgIpc) is 2.28. The van der Waals surface area contributed by atoms with Gasteiger partial charge in [0.25, 0.3) is 0 Å². The molecule has 3 rings (SSSR count). The molecule has 1 aliphatic heterocycles. The van der Waals surface area contributed by atoms with Gasteiger partial charge in [-0.2, -0.15) is 0 Å². The molecule has 1 aromatic carbocycles. The fraction of sp³-hybridized carbons (Fsp3) is 0.600. The van der Waals surface area contributed by atoms with Crippen LogP contribution in [-0.4, -0.2) is 18.0 Å². The predicted octanol–water partition coefficient (Wildman–Crippen LogP) is 3.69. The van der Waals surface area contributed by atoms with Crippen molar-refractivity contribution in [3.8, 4) is 0 Å². The van der Waals surface area contributed by atoms with E-state index in [1.165, 1.54) is 57.2 Å². The van der Waals surface area contributed by atoms with Gasteiger partial charge in [0.2, 0.25) is 0 Å². The van der Waals surface area contributed by atoms with E-state index >= 15 is 0 Å². The number of hydrogen-bond donors (Lipinski definition) is 0. The fourth-order valence-corrected chi connectivity index (χ4v) is 3.43. The maximum Gasteiger partial charge on any atom is 0.123 e. The Morgan fingerprint density at radius 1 is 0.882 bits per heavy atom. The van der Waals surface area contributed by atoms with E-state index in [1.54, 1.807) is 12.1 Å². The maximum absolute atomic E-state index is 13.1. The Bertz CT molecular complexity index is 374. The van der Waals surface area contributed by atoms with Crippen molar-refractivity contribution >= 4 is 0 Å². The number of hydrogen-bond acceptors (Lipinski definition) is 1. The standard InChI is InChI=1S/C15H20FN/c16-14-7-5-13(6-8-14)15(17-11-4-12-17)9-2-1-3-10-15/h5-8H,1-4,9-12H2. The van der Waals surface area contributed by atoms with E-state index in [-0.39, 0.29) is 11.4 Å². The summed E-state index contributed by atoms with van der Waals surface area (Å²) in [6.07, 6.45) is 7.80. The lowest BCUT2D eigenvalue weighted by Gasteiger charge is -2.51. The minimum absolute atomic E-state index is 0.122. The van der Waals surface area contributed by atoms with E-state index in [4.69, 9.17) is 0 Å². The summed E-state index contributed by atoms with van der Waals surface area (Å²) in [6.45, 7) is 2.44. The summed E-state index contributed by atoms with van der Waals surface area (Å²) < 4.78 is 13.1. The zero-order valence-corrected chi connectivity index (χ0v) is 10.3. The van der Waals surface area contributed by atoms with Crippen LogP contribution in [0.3, 0.4) is 0 Å². The van der Waals surface area contributed by atoms with Crippen molar-refractivity contribution in [1.82, 2.24) is 4.90 Å². The molecule has 1 saturated carbocycles. The Morgan fingerprint density at radius 3 is 2.06 bits per heavy atom. The zero-order chi connectivity index (χ0) is 11.7. The first-order chi connectivity index (χ1) is 8.31. The minimum Gasteiger partial charge on any atom is -0.294 e. The molecule has 2 heteroatoms. The molecule has 1 nitrogen and oxygen atoms in total. The van der Waals surface area contributed by atoms with Crippen LogP contribution in [0.5, 0.6) is 0 Å². The van der Waals surface area contributed by atoms with E-state index in [9.17, 15) is 4.39 Å². The molecule has 0 radical (unpaired) electrons. The van der Waals surface area contributed by atoms with E-state index in [1.807, 2.05) is 12.1 Å². The largest absolute Gasteiger partial charge is 0.294 e. The third-order valence-electron chi connectivity index (χ3n) is 4.52. The van der Waals surface area contributed by atoms with Crippen molar-refractivity contribution in [3.05, 3.63) is 35.6 Å². The highest BCUT2D eigenvalue weighted by Gasteiger charge is 2.41. The highest BCUT2D eigenvalue weighted by Crippen LogP contribution is 2.44. The second-order valence-corrected chi connectivity index (χ2v) is 5.44. The number of halogens is 1. The van der Waals surface area contributed by atoms with E-state index in [2.05, 4.69) is 4.90 Å². The van der Waals surface area contributed by atoms with Crippen molar-refractivity contribution in [2.45, 2.75) is 44.1 Å². The van der Waals surface area contributed by atoms with Crippen LogP contribution < -0.4 is 0 Å². The monoisotopic (exact) mass is 233 g/mol. The molecule has 1 heterocycles. The Balaban J connectivity index is 1.94. The molecule has 0 N–H and O–H groups in total. The first-order valence-corrected chi connectivity index (χ1v) is 6.82. The molecule has 0 aromatic heterocycles. The van der Waals surface area contributed by atoms with Crippen LogP contribution in [0.2, 0.25) is 0 Å². The second-order valence-electron chi connectivity index (χ2n) is 5.44. The summed E-state index contributed by atoms with van der Waals surface area (Å²) in [7, 11) is 0. The normalized spacial score (nSPS) is 24.3. The van der Waals surface area contributed by atoms with Gasteiger partial charge in [0, 0.05) is 18.6 Å². The van der Waals surface area contributed by atoms with Crippen LogP contribution in [0.4, 0.5) is 4.39 Å².